The van der Waals surface area contributed by atoms with Crippen molar-refractivity contribution in [1.82, 2.24) is 4.98 Å². The van der Waals surface area contributed by atoms with Crippen LogP contribution in [-0.4, -0.2) is 4.98 Å². The second-order valence-electron chi connectivity index (χ2n) is 5.37. The van der Waals surface area contributed by atoms with Gasteiger partial charge in [-0.25, -0.2) is 4.98 Å². The van der Waals surface area contributed by atoms with E-state index in [-0.39, 0.29) is 6.04 Å². The molecule has 0 radical (unpaired) electrons. The van der Waals surface area contributed by atoms with Gasteiger partial charge in [-0.2, -0.15) is 5.26 Å². The summed E-state index contributed by atoms with van der Waals surface area (Å²) in [6.07, 6.45) is 1.80. The molecule has 0 unspecified atom stereocenters. The lowest BCUT2D eigenvalue weighted by Gasteiger charge is -2.16. The van der Waals surface area contributed by atoms with Gasteiger partial charge in [-0.1, -0.05) is 60.7 Å². The maximum atomic E-state index is 9.44. The summed E-state index contributed by atoms with van der Waals surface area (Å²) in [5, 5.41) is 12.8. The molecule has 23 heavy (non-hydrogen) atoms. The monoisotopic (exact) mass is 299 g/mol. The lowest BCUT2D eigenvalue weighted by atomic mass is 10.1. The van der Waals surface area contributed by atoms with Crippen LogP contribution in [0.25, 0.3) is 11.1 Å². The van der Waals surface area contributed by atoms with Gasteiger partial charge < -0.3 is 5.32 Å². The van der Waals surface area contributed by atoms with Gasteiger partial charge in [0, 0.05) is 17.8 Å². The van der Waals surface area contributed by atoms with Crippen molar-refractivity contribution in [3.63, 3.8) is 0 Å². The molecule has 0 aliphatic carbocycles. The lowest BCUT2D eigenvalue weighted by molar-refractivity contribution is 0.873. The Labute approximate surface area is 136 Å². The SMILES string of the molecule is C[C@@H](Nc1ncc(-c2ccccc2)cc1C#N)c1ccccc1. The first-order valence-electron chi connectivity index (χ1n) is 7.55. The van der Waals surface area contributed by atoms with E-state index in [0.29, 0.717) is 11.4 Å². The molecule has 0 amide bonds. The first-order valence-corrected chi connectivity index (χ1v) is 7.55. The van der Waals surface area contributed by atoms with Crippen LogP contribution in [-0.2, 0) is 0 Å². The number of benzene rings is 2. The predicted octanol–water partition coefficient (Wildman–Crippen LogP) is 4.79. The van der Waals surface area contributed by atoms with E-state index >= 15 is 0 Å². The van der Waals surface area contributed by atoms with E-state index in [2.05, 4.69) is 35.4 Å². The van der Waals surface area contributed by atoms with Crippen molar-refractivity contribution in [2.75, 3.05) is 5.32 Å². The molecule has 3 aromatic rings. The van der Waals surface area contributed by atoms with Crippen LogP contribution in [0.2, 0.25) is 0 Å². The normalized spacial score (nSPS) is 11.5. The van der Waals surface area contributed by atoms with Crippen LogP contribution in [0.3, 0.4) is 0 Å². The van der Waals surface area contributed by atoms with Crippen molar-refractivity contribution < 1.29 is 0 Å². The number of nitriles is 1. The van der Waals surface area contributed by atoms with E-state index in [1.54, 1.807) is 6.20 Å². The van der Waals surface area contributed by atoms with E-state index in [9.17, 15) is 5.26 Å². The van der Waals surface area contributed by atoms with Crippen molar-refractivity contribution in [3.8, 4) is 17.2 Å². The molecule has 1 N–H and O–H groups in total. The summed E-state index contributed by atoms with van der Waals surface area (Å²) in [4.78, 5) is 4.46. The smallest absolute Gasteiger partial charge is 0.144 e. The van der Waals surface area contributed by atoms with Crippen LogP contribution in [0.4, 0.5) is 5.82 Å². The first kappa shape index (κ1) is 14.8. The fourth-order valence-electron chi connectivity index (χ4n) is 2.48. The van der Waals surface area contributed by atoms with Gasteiger partial charge in [0.2, 0.25) is 0 Å². The highest BCUT2D eigenvalue weighted by Gasteiger charge is 2.10. The molecule has 1 atom stereocenters. The molecule has 0 bridgehead atoms. The summed E-state index contributed by atoms with van der Waals surface area (Å²) >= 11 is 0. The van der Waals surface area contributed by atoms with Gasteiger partial charge in [0.25, 0.3) is 0 Å². The van der Waals surface area contributed by atoms with Gasteiger partial charge in [-0.15, -0.1) is 0 Å². The van der Waals surface area contributed by atoms with Gasteiger partial charge in [-0.05, 0) is 24.1 Å². The molecular weight excluding hydrogens is 282 g/mol. The summed E-state index contributed by atoms with van der Waals surface area (Å²) < 4.78 is 0. The second kappa shape index (κ2) is 6.76. The van der Waals surface area contributed by atoms with Gasteiger partial charge in [-0.3, -0.25) is 0 Å². The number of rotatable bonds is 4. The molecule has 0 spiro atoms. The summed E-state index contributed by atoms with van der Waals surface area (Å²) in [5.41, 5.74) is 3.71. The minimum Gasteiger partial charge on any atom is -0.362 e. The Morgan fingerprint density at radius 1 is 0.957 bits per heavy atom. The number of nitrogens with one attached hydrogen (secondary N) is 1. The number of hydrogen-bond acceptors (Lipinski definition) is 3. The Bertz CT molecular complexity index is 821. The fourth-order valence-corrected chi connectivity index (χ4v) is 2.48. The summed E-state index contributed by atoms with van der Waals surface area (Å²) in [6, 6.07) is 24.3. The average Bonchev–Trinajstić information content (AvgIpc) is 2.63. The molecule has 0 fully saturated rings. The molecule has 1 aromatic heterocycles. The highest BCUT2D eigenvalue weighted by Crippen LogP contribution is 2.25. The van der Waals surface area contributed by atoms with Gasteiger partial charge >= 0.3 is 0 Å². The van der Waals surface area contributed by atoms with Gasteiger partial charge in [0.15, 0.2) is 0 Å². The summed E-state index contributed by atoms with van der Waals surface area (Å²) in [5.74, 6) is 0.614. The number of nitrogens with zero attached hydrogens (tertiary/aromatic N) is 2. The van der Waals surface area contributed by atoms with Crippen molar-refractivity contribution in [2.24, 2.45) is 0 Å². The number of hydrogen-bond donors (Lipinski definition) is 1. The van der Waals surface area contributed by atoms with E-state index in [0.717, 1.165) is 16.7 Å². The molecule has 112 valence electrons. The fraction of sp³-hybridized carbons (Fsp3) is 0.100. The Morgan fingerprint density at radius 2 is 1.61 bits per heavy atom. The molecular formula is C20H17N3. The van der Waals surface area contributed by atoms with Gasteiger partial charge in [0.1, 0.15) is 11.9 Å². The molecule has 0 saturated heterocycles. The van der Waals surface area contributed by atoms with E-state index in [1.165, 1.54) is 0 Å². The van der Waals surface area contributed by atoms with Crippen LogP contribution < -0.4 is 5.32 Å². The first-order chi connectivity index (χ1) is 11.3. The molecule has 1 heterocycles. The number of aromatic nitrogens is 1. The van der Waals surface area contributed by atoms with Crippen LogP contribution in [0, 0.1) is 11.3 Å². The van der Waals surface area contributed by atoms with Gasteiger partial charge in [0.05, 0.1) is 5.56 Å². The van der Waals surface area contributed by atoms with E-state index < -0.39 is 0 Å². The topological polar surface area (TPSA) is 48.7 Å². The third-order valence-corrected chi connectivity index (χ3v) is 3.77. The summed E-state index contributed by atoms with van der Waals surface area (Å²) in [6.45, 7) is 2.06. The minimum absolute atomic E-state index is 0.0818. The van der Waals surface area contributed by atoms with Crippen LogP contribution in [0.15, 0.2) is 72.9 Å². The average molecular weight is 299 g/mol. The third-order valence-electron chi connectivity index (χ3n) is 3.77. The zero-order valence-corrected chi connectivity index (χ0v) is 12.9. The third kappa shape index (κ3) is 3.38. The maximum Gasteiger partial charge on any atom is 0.144 e. The number of anilines is 1. The second-order valence-corrected chi connectivity index (χ2v) is 5.37. The molecule has 0 aliphatic rings. The molecule has 3 heteroatoms. The molecule has 3 nitrogen and oxygen atoms in total. The van der Waals surface area contributed by atoms with Crippen molar-refractivity contribution in [1.29, 1.82) is 5.26 Å². The van der Waals surface area contributed by atoms with E-state index in [1.807, 2.05) is 54.6 Å². The quantitative estimate of drug-likeness (QED) is 0.753. The van der Waals surface area contributed by atoms with Crippen molar-refractivity contribution >= 4 is 5.82 Å². The van der Waals surface area contributed by atoms with Crippen molar-refractivity contribution in [3.05, 3.63) is 84.1 Å². The Hall–Kier alpha value is -3.12. The van der Waals surface area contributed by atoms with Crippen LogP contribution in [0.1, 0.15) is 24.1 Å². The molecule has 3 rings (SSSR count). The lowest BCUT2D eigenvalue weighted by Crippen LogP contribution is -2.09. The highest BCUT2D eigenvalue weighted by molar-refractivity contribution is 5.67. The van der Waals surface area contributed by atoms with Crippen LogP contribution >= 0.6 is 0 Å². The Kier molecular flexibility index (Phi) is 4.35. The Balaban J connectivity index is 1.88. The number of pyridine rings is 1. The van der Waals surface area contributed by atoms with E-state index in [4.69, 9.17) is 0 Å². The Morgan fingerprint density at radius 3 is 2.26 bits per heavy atom. The van der Waals surface area contributed by atoms with Crippen molar-refractivity contribution in [2.45, 2.75) is 13.0 Å². The predicted molar refractivity (Wildman–Crippen MR) is 92.9 cm³/mol. The molecule has 0 aliphatic heterocycles. The standard InChI is InChI=1S/C20H17N3/c1-15(16-8-4-2-5-9-16)23-20-18(13-21)12-19(14-22-20)17-10-6-3-7-11-17/h2-12,14-15H,1H3,(H,22,23)/t15-/m1/s1. The minimum atomic E-state index is 0.0818. The maximum absolute atomic E-state index is 9.44. The van der Waals surface area contributed by atoms with Crippen LogP contribution in [0.5, 0.6) is 0 Å². The zero-order valence-electron chi connectivity index (χ0n) is 12.9. The molecule has 0 saturated carbocycles. The zero-order chi connectivity index (χ0) is 16.1. The molecule has 2 aromatic carbocycles. The highest BCUT2D eigenvalue weighted by atomic mass is 15.0. The largest absolute Gasteiger partial charge is 0.362 e. The summed E-state index contributed by atoms with van der Waals surface area (Å²) in [7, 11) is 0.